The summed E-state index contributed by atoms with van der Waals surface area (Å²) in [5, 5.41) is 29.9. The first-order valence-corrected chi connectivity index (χ1v) is 7.07. The maximum Gasteiger partial charge on any atom is 0.114 e. The fraction of sp³-hybridized carbons (Fsp3) is 0.867. The normalized spacial score (nSPS) is 44.0. The predicted molar refractivity (Wildman–Crippen MR) is 72.6 cm³/mol. The fourth-order valence-corrected chi connectivity index (χ4v) is 3.78. The van der Waals surface area contributed by atoms with Crippen molar-refractivity contribution in [1.29, 1.82) is 0 Å². The highest BCUT2D eigenvalue weighted by atomic mass is 17.1. The standard InChI is InChI=1S/C15H26O4/c1-10-11-9-15(17,13(2,3)16)8-7-14(11,4)6-5-12(10)19-18/h11-12,16-18H,1,5-9H2,2-4H3. The lowest BCUT2D eigenvalue weighted by Gasteiger charge is -2.55. The maximum atomic E-state index is 10.7. The Hall–Kier alpha value is -0.420. The molecule has 2 aliphatic rings. The molecule has 2 fully saturated rings. The van der Waals surface area contributed by atoms with Crippen molar-refractivity contribution in [3.05, 3.63) is 12.2 Å². The van der Waals surface area contributed by atoms with Crippen LogP contribution in [0.1, 0.15) is 52.9 Å². The lowest BCUT2D eigenvalue weighted by molar-refractivity contribution is -0.280. The van der Waals surface area contributed by atoms with Gasteiger partial charge in [-0.2, -0.15) is 0 Å². The van der Waals surface area contributed by atoms with E-state index in [0.29, 0.717) is 12.8 Å². The number of aliphatic hydroxyl groups is 2. The molecule has 0 aromatic heterocycles. The van der Waals surface area contributed by atoms with Crippen LogP contribution in [0.15, 0.2) is 12.2 Å². The van der Waals surface area contributed by atoms with Gasteiger partial charge in [-0.05, 0) is 62.9 Å². The van der Waals surface area contributed by atoms with Gasteiger partial charge in [0.2, 0.25) is 0 Å². The highest BCUT2D eigenvalue weighted by molar-refractivity contribution is 5.20. The molecule has 0 bridgehead atoms. The van der Waals surface area contributed by atoms with Crippen molar-refractivity contribution in [2.45, 2.75) is 70.2 Å². The van der Waals surface area contributed by atoms with E-state index in [-0.39, 0.29) is 17.4 Å². The highest BCUT2D eigenvalue weighted by Gasteiger charge is 2.54. The number of fused-ring (bicyclic) bond motifs is 1. The van der Waals surface area contributed by atoms with Crippen molar-refractivity contribution >= 4 is 0 Å². The molecule has 0 aromatic carbocycles. The molecule has 110 valence electrons. The monoisotopic (exact) mass is 270 g/mol. The average Bonchev–Trinajstić information content (AvgIpc) is 2.31. The van der Waals surface area contributed by atoms with E-state index in [9.17, 15) is 10.2 Å². The van der Waals surface area contributed by atoms with E-state index in [2.05, 4.69) is 18.4 Å². The van der Waals surface area contributed by atoms with E-state index in [0.717, 1.165) is 24.8 Å². The SMILES string of the molecule is C=C1C(OO)CCC2(C)CCC(O)(C(C)(C)O)CC12. The zero-order valence-electron chi connectivity index (χ0n) is 12.1. The summed E-state index contributed by atoms with van der Waals surface area (Å²) in [6.07, 6.45) is 3.30. The largest absolute Gasteiger partial charge is 0.387 e. The Labute approximate surface area is 115 Å². The van der Waals surface area contributed by atoms with E-state index < -0.39 is 11.2 Å². The second-order valence-corrected chi connectivity index (χ2v) is 7.21. The van der Waals surface area contributed by atoms with Crippen molar-refractivity contribution in [2.75, 3.05) is 0 Å². The van der Waals surface area contributed by atoms with Gasteiger partial charge in [-0.25, -0.2) is 4.89 Å². The minimum absolute atomic E-state index is 0.0728. The molecule has 0 spiro atoms. The molecular formula is C15H26O4. The average molecular weight is 270 g/mol. The molecule has 2 saturated carbocycles. The molecule has 0 radical (unpaired) electrons. The van der Waals surface area contributed by atoms with Crippen molar-refractivity contribution in [3.8, 4) is 0 Å². The third-order valence-electron chi connectivity index (χ3n) is 5.60. The lowest BCUT2D eigenvalue weighted by Crippen LogP contribution is -2.57. The van der Waals surface area contributed by atoms with Gasteiger partial charge in [-0.1, -0.05) is 13.5 Å². The summed E-state index contributed by atoms with van der Waals surface area (Å²) >= 11 is 0. The van der Waals surface area contributed by atoms with E-state index in [1.165, 1.54) is 0 Å². The van der Waals surface area contributed by atoms with Gasteiger partial charge < -0.3 is 10.2 Å². The zero-order chi connectivity index (χ0) is 14.5. The van der Waals surface area contributed by atoms with E-state index in [1.807, 2.05) is 0 Å². The molecule has 0 heterocycles. The first-order valence-electron chi connectivity index (χ1n) is 7.07. The van der Waals surface area contributed by atoms with Crippen molar-refractivity contribution in [2.24, 2.45) is 11.3 Å². The Bertz CT molecular complexity index is 373. The molecule has 2 rings (SSSR count). The number of hydrogen-bond acceptors (Lipinski definition) is 4. The van der Waals surface area contributed by atoms with Crippen LogP contribution in [0.25, 0.3) is 0 Å². The summed E-state index contributed by atoms with van der Waals surface area (Å²) in [4.78, 5) is 4.51. The van der Waals surface area contributed by atoms with Gasteiger partial charge in [0.25, 0.3) is 0 Å². The van der Waals surface area contributed by atoms with Gasteiger partial charge in [-0.15, -0.1) is 0 Å². The highest BCUT2D eigenvalue weighted by Crippen LogP contribution is 2.56. The van der Waals surface area contributed by atoms with Crippen LogP contribution in [0.4, 0.5) is 0 Å². The third kappa shape index (κ3) is 2.35. The van der Waals surface area contributed by atoms with Crippen LogP contribution in [0.5, 0.6) is 0 Å². The molecular weight excluding hydrogens is 244 g/mol. The van der Waals surface area contributed by atoms with Crippen LogP contribution in [0, 0.1) is 11.3 Å². The van der Waals surface area contributed by atoms with Crippen LogP contribution in [0.2, 0.25) is 0 Å². The summed E-state index contributed by atoms with van der Waals surface area (Å²) in [6.45, 7) is 9.58. The summed E-state index contributed by atoms with van der Waals surface area (Å²) in [5.74, 6) is 0.0728. The van der Waals surface area contributed by atoms with Crippen molar-refractivity contribution in [3.63, 3.8) is 0 Å². The molecule has 2 aliphatic carbocycles. The van der Waals surface area contributed by atoms with Crippen LogP contribution in [-0.4, -0.2) is 32.8 Å². The van der Waals surface area contributed by atoms with Gasteiger partial charge in [-0.3, -0.25) is 5.26 Å². The first-order chi connectivity index (χ1) is 8.63. The van der Waals surface area contributed by atoms with Gasteiger partial charge >= 0.3 is 0 Å². The summed E-state index contributed by atoms with van der Waals surface area (Å²) in [6, 6.07) is 0. The van der Waals surface area contributed by atoms with Crippen LogP contribution in [0.3, 0.4) is 0 Å². The second kappa shape index (κ2) is 4.55. The fourth-order valence-electron chi connectivity index (χ4n) is 3.78. The minimum atomic E-state index is -1.14. The van der Waals surface area contributed by atoms with Crippen LogP contribution >= 0.6 is 0 Å². The van der Waals surface area contributed by atoms with E-state index in [4.69, 9.17) is 5.26 Å². The Balaban J connectivity index is 2.27. The molecule has 4 nitrogen and oxygen atoms in total. The maximum absolute atomic E-state index is 10.7. The Morgan fingerprint density at radius 2 is 1.95 bits per heavy atom. The van der Waals surface area contributed by atoms with E-state index >= 15 is 0 Å². The van der Waals surface area contributed by atoms with E-state index in [1.54, 1.807) is 13.8 Å². The van der Waals surface area contributed by atoms with Crippen LogP contribution in [-0.2, 0) is 4.89 Å². The molecule has 4 atom stereocenters. The molecule has 0 aromatic rings. The summed E-state index contributed by atoms with van der Waals surface area (Å²) < 4.78 is 0. The minimum Gasteiger partial charge on any atom is -0.387 e. The molecule has 19 heavy (non-hydrogen) atoms. The van der Waals surface area contributed by atoms with Gasteiger partial charge in [0.1, 0.15) is 6.10 Å². The lowest BCUT2D eigenvalue weighted by atomic mass is 9.53. The first kappa shape index (κ1) is 15.0. The number of hydrogen-bond donors (Lipinski definition) is 3. The molecule has 3 N–H and O–H groups in total. The summed E-state index contributed by atoms with van der Waals surface area (Å²) in [7, 11) is 0. The molecule has 0 saturated heterocycles. The topological polar surface area (TPSA) is 69.9 Å². The van der Waals surface area contributed by atoms with Crippen molar-refractivity contribution < 1.29 is 20.4 Å². The zero-order valence-corrected chi connectivity index (χ0v) is 12.1. The quantitative estimate of drug-likeness (QED) is 0.409. The molecule has 0 amide bonds. The molecule has 4 heteroatoms. The molecule has 4 unspecified atom stereocenters. The van der Waals surface area contributed by atoms with Crippen LogP contribution < -0.4 is 0 Å². The summed E-state index contributed by atoms with van der Waals surface area (Å²) in [5.41, 5.74) is -1.30. The Morgan fingerprint density at radius 1 is 1.32 bits per heavy atom. The van der Waals surface area contributed by atoms with Gasteiger partial charge in [0.05, 0.1) is 11.2 Å². The second-order valence-electron chi connectivity index (χ2n) is 7.21. The number of rotatable bonds is 2. The predicted octanol–water partition coefficient (Wildman–Crippen LogP) is 2.50. The third-order valence-corrected chi connectivity index (χ3v) is 5.60. The molecule has 0 aliphatic heterocycles. The van der Waals surface area contributed by atoms with Crippen molar-refractivity contribution in [1.82, 2.24) is 0 Å². The van der Waals surface area contributed by atoms with Gasteiger partial charge in [0, 0.05) is 0 Å². The van der Waals surface area contributed by atoms with Gasteiger partial charge in [0.15, 0.2) is 0 Å². The Kier molecular flexibility index (Phi) is 3.59. The smallest absolute Gasteiger partial charge is 0.114 e. The Morgan fingerprint density at radius 3 is 2.47 bits per heavy atom.